The van der Waals surface area contributed by atoms with Gasteiger partial charge in [0.1, 0.15) is 0 Å². The third-order valence-electron chi connectivity index (χ3n) is 2.33. The molecule has 0 aliphatic heterocycles. The van der Waals surface area contributed by atoms with Gasteiger partial charge >= 0.3 is 0 Å². The minimum absolute atomic E-state index is 1.15. The second-order valence-corrected chi connectivity index (χ2v) is 3.36. The van der Waals surface area contributed by atoms with E-state index in [9.17, 15) is 0 Å². The molecule has 14 heavy (non-hydrogen) atoms. The SMILES string of the molecule is C=Cc1ccccc1CCCC=CC. The van der Waals surface area contributed by atoms with Crippen LogP contribution in [0.3, 0.4) is 0 Å². The summed E-state index contributed by atoms with van der Waals surface area (Å²) in [6, 6.07) is 8.47. The summed E-state index contributed by atoms with van der Waals surface area (Å²) >= 11 is 0. The first-order chi connectivity index (χ1) is 6.88. The van der Waals surface area contributed by atoms with Gasteiger partial charge in [0, 0.05) is 0 Å². The van der Waals surface area contributed by atoms with Gasteiger partial charge in [-0.3, -0.25) is 0 Å². The van der Waals surface area contributed by atoms with Crippen molar-refractivity contribution in [2.45, 2.75) is 26.2 Å². The third kappa shape index (κ3) is 3.21. The molecule has 0 aliphatic rings. The normalized spacial score (nSPS) is 10.6. The fourth-order valence-electron chi connectivity index (χ4n) is 1.54. The van der Waals surface area contributed by atoms with E-state index in [2.05, 4.69) is 49.9 Å². The lowest BCUT2D eigenvalue weighted by Crippen LogP contribution is -1.88. The monoisotopic (exact) mass is 186 g/mol. The smallest absolute Gasteiger partial charge is 0.0230 e. The summed E-state index contributed by atoms with van der Waals surface area (Å²) in [7, 11) is 0. The van der Waals surface area contributed by atoms with E-state index in [0.717, 1.165) is 6.42 Å². The largest absolute Gasteiger partial charge is 0.0985 e. The predicted molar refractivity (Wildman–Crippen MR) is 64.3 cm³/mol. The van der Waals surface area contributed by atoms with Crippen molar-refractivity contribution in [2.75, 3.05) is 0 Å². The van der Waals surface area contributed by atoms with Crippen LogP contribution in [0.5, 0.6) is 0 Å². The van der Waals surface area contributed by atoms with Crippen molar-refractivity contribution in [3.05, 3.63) is 54.1 Å². The van der Waals surface area contributed by atoms with Crippen LogP contribution in [0.25, 0.3) is 6.08 Å². The van der Waals surface area contributed by atoms with Crippen molar-refractivity contribution in [3.8, 4) is 0 Å². The molecule has 0 spiro atoms. The van der Waals surface area contributed by atoms with E-state index in [-0.39, 0.29) is 0 Å². The lowest BCUT2D eigenvalue weighted by atomic mass is 10.0. The van der Waals surface area contributed by atoms with E-state index >= 15 is 0 Å². The first-order valence-corrected chi connectivity index (χ1v) is 5.20. The summed E-state index contributed by atoms with van der Waals surface area (Å²) in [5, 5.41) is 0. The van der Waals surface area contributed by atoms with Gasteiger partial charge in [0.2, 0.25) is 0 Å². The number of rotatable bonds is 5. The fraction of sp³-hybridized carbons (Fsp3) is 0.286. The molecule has 0 amide bonds. The Morgan fingerprint density at radius 1 is 1.29 bits per heavy atom. The lowest BCUT2D eigenvalue weighted by molar-refractivity contribution is 0.841. The molecule has 1 rings (SSSR count). The number of allylic oxidation sites excluding steroid dienone is 2. The van der Waals surface area contributed by atoms with E-state index in [0.29, 0.717) is 0 Å². The van der Waals surface area contributed by atoms with Crippen molar-refractivity contribution in [1.82, 2.24) is 0 Å². The molecule has 74 valence electrons. The summed E-state index contributed by atoms with van der Waals surface area (Å²) in [5.41, 5.74) is 2.68. The second-order valence-electron chi connectivity index (χ2n) is 3.36. The molecule has 0 radical (unpaired) electrons. The Morgan fingerprint density at radius 2 is 2.07 bits per heavy atom. The van der Waals surface area contributed by atoms with Crippen LogP contribution in [0.4, 0.5) is 0 Å². The molecule has 0 unspecified atom stereocenters. The summed E-state index contributed by atoms with van der Waals surface area (Å²) in [6.07, 6.45) is 9.80. The van der Waals surface area contributed by atoms with E-state index in [4.69, 9.17) is 0 Å². The zero-order chi connectivity index (χ0) is 10.2. The Morgan fingerprint density at radius 3 is 2.79 bits per heavy atom. The highest BCUT2D eigenvalue weighted by Crippen LogP contribution is 2.13. The average molecular weight is 186 g/mol. The number of unbranched alkanes of at least 4 members (excludes halogenated alkanes) is 1. The van der Waals surface area contributed by atoms with Gasteiger partial charge in [-0.25, -0.2) is 0 Å². The highest BCUT2D eigenvalue weighted by Gasteiger charge is 1.96. The van der Waals surface area contributed by atoms with Gasteiger partial charge in [-0.15, -0.1) is 0 Å². The highest BCUT2D eigenvalue weighted by atomic mass is 14.0. The topological polar surface area (TPSA) is 0 Å². The molecule has 0 N–H and O–H groups in total. The van der Waals surface area contributed by atoms with Gasteiger partial charge < -0.3 is 0 Å². The zero-order valence-electron chi connectivity index (χ0n) is 8.87. The van der Waals surface area contributed by atoms with E-state index in [1.807, 2.05) is 6.08 Å². The van der Waals surface area contributed by atoms with Crippen molar-refractivity contribution in [3.63, 3.8) is 0 Å². The maximum Gasteiger partial charge on any atom is -0.0230 e. The van der Waals surface area contributed by atoms with Crippen LogP contribution < -0.4 is 0 Å². The van der Waals surface area contributed by atoms with Crippen molar-refractivity contribution in [2.24, 2.45) is 0 Å². The number of benzene rings is 1. The van der Waals surface area contributed by atoms with Crippen LogP contribution in [0.1, 0.15) is 30.9 Å². The summed E-state index contributed by atoms with van der Waals surface area (Å²) in [5.74, 6) is 0. The molecule has 0 atom stereocenters. The fourth-order valence-corrected chi connectivity index (χ4v) is 1.54. The Balaban J connectivity index is 2.53. The van der Waals surface area contributed by atoms with Gasteiger partial charge in [0.15, 0.2) is 0 Å². The molecule has 0 bridgehead atoms. The maximum atomic E-state index is 3.82. The lowest BCUT2D eigenvalue weighted by Gasteiger charge is -2.03. The van der Waals surface area contributed by atoms with Crippen LogP contribution >= 0.6 is 0 Å². The first-order valence-electron chi connectivity index (χ1n) is 5.20. The van der Waals surface area contributed by atoms with Gasteiger partial charge in [0.05, 0.1) is 0 Å². The van der Waals surface area contributed by atoms with E-state index in [1.165, 1.54) is 24.0 Å². The number of hydrogen-bond acceptors (Lipinski definition) is 0. The van der Waals surface area contributed by atoms with Crippen molar-refractivity contribution >= 4 is 6.08 Å². The van der Waals surface area contributed by atoms with E-state index in [1.54, 1.807) is 0 Å². The molecule has 0 heteroatoms. The molecule has 1 aromatic rings. The Bertz CT molecular complexity index is 308. The van der Waals surface area contributed by atoms with E-state index < -0.39 is 0 Å². The summed E-state index contributed by atoms with van der Waals surface area (Å²) < 4.78 is 0. The van der Waals surface area contributed by atoms with Crippen LogP contribution in [-0.2, 0) is 6.42 Å². The molecule has 0 nitrogen and oxygen atoms in total. The van der Waals surface area contributed by atoms with Gasteiger partial charge in [-0.05, 0) is 37.3 Å². The molecular formula is C14H18. The molecule has 0 saturated carbocycles. The van der Waals surface area contributed by atoms with Crippen LogP contribution in [-0.4, -0.2) is 0 Å². The van der Waals surface area contributed by atoms with Gasteiger partial charge in [-0.2, -0.15) is 0 Å². The number of aryl methyl sites for hydroxylation is 1. The average Bonchev–Trinajstić information content (AvgIpc) is 2.25. The number of hydrogen-bond donors (Lipinski definition) is 0. The third-order valence-corrected chi connectivity index (χ3v) is 2.33. The minimum Gasteiger partial charge on any atom is -0.0985 e. The molecule has 0 aliphatic carbocycles. The predicted octanol–water partition coefficient (Wildman–Crippen LogP) is 4.23. The molecular weight excluding hydrogens is 168 g/mol. The van der Waals surface area contributed by atoms with Crippen LogP contribution in [0.15, 0.2) is 43.0 Å². The molecule has 1 aromatic carbocycles. The highest BCUT2D eigenvalue weighted by molar-refractivity contribution is 5.51. The van der Waals surface area contributed by atoms with Crippen molar-refractivity contribution < 1.29 is 0 Å². The van der Waals surface area contributed by atoms with Crippen molar-refractivity contribution in [1.29, 1.82) is 0 Å². The summed E-state index contributed by atoms with van der Waals surface area (Å²) in [6.45, 7) is 5.89. The molecule has 0 heterocycles. The maximum absolute atomic E-state index is 3.82. The second kappa shape index (κ2) is 6.20. The Labute approximate surface area is 87.0 Å². The van der Waals surface area contributed by atoms with Crippen LogP contribution in [0, 0.1) is 0 Å². The summed E-state index contributed by atoms with van der Waals surface area (Å²) in [4.78, 5) is 0. The first kappa shape index (κ1) is 10.8. The minimum atomic E-state index is 1.15. The zero-order valence-corrected chi connectivity index (χ0v) is 8.87. The Kier molecular flexibility index (Phi) is 4.77. The quantitative estimate of drug-likeness (QED) is 0.477. The molecule has 0 saturated heterocycles. The van der Waals surface area contributed by atoms with Gasteiger partial charge in [-0.1, -0.05) is 49.1 Å². The Hall–Kier alpha value is -1.30. The standard InChI is InChI=1S/C14H18/c1-3-5-6-7-11-14-12-9-8-10-13(14)4-2/h3-5,8-10,12H,2,6-7,11H2,1H3. The van der Waals surface area contributed by atoms with Gasteiger partial charge in [0.25, 0.3) is 0 Å². The molecule has 0 fully saturated rings. The molecule has 0 aromatic heterocycles. The van der Waals surface area contributed by atoms with Crippen LogP contribution in [0.2, 0.25) is 0 Å².